The third-order valence-electron chi connectivity index (χ3n) is 5.22. The van der Waals surface area contributed by atoms with Gasteiger partial charge in [0.2, 0.25) is 0 Å². The maximum Gasteiger partial charge on any atom is 0.0307 e. The van der Waals surface area contributed by atoms with E-state index in [0.717, 1.165) is 19.6 Å². The summed E-state index contributed by atoms with van der Waals surface area (Å²) in [6.07, 6.45) is 2.41. The first-order chi connectivity index (χ1) is 9.50. The van der Waals surface area contributed by atoms with Gasteiger partial charge in [0.1, 0.15) is 0 Å². The molecule has 1 saturated heterocycles. The lowest BCUT2D eigenvalue weighted by atomic mass is 9.90. The van der Waals surface area contributed by atoms with Gasteiger partial charge in [-0.3, -0.25) is 4.90 Å². The molecule has 2 nitrogen and oxygen atoms in total. The average Bonchev–Trinajstić information content (AvgIpc) is 2.45. The van der Waals surface area contributed by atoms with Crippen molar-refractivity contribution in [1.29, 1.82) is 0 Å². The second-order valence-corrected chi connectivity index (χ2v) is 6.59. The SMILES string of the molecule is CCC1CN(Cc2c(C)cccc2C)C(C)(CC)CN1. The molecule has 1 aromatic rings. The van der Waals surface area contributed by atoms with Gasteiger partial charge in [-0.15, -0.1) is 0 Å². The Morgan fingerprint density at radius 1 is 1.25 bits per heavy atom. The number of hydrogen-bond acceptors (Lipinski definition) is 2. The summed E-state index contributed by atoms with van der Waals surface area (Å²) in [6.45, 7) is 14.8. The van der Waals surface area contributed by atoms with Gasteiger partial charge in [0, 0.05) is 31.2 Å². The van der Waals surface area contributed by atoms with E-state index in [1.54, 1.807) is 0 Å². The zero-order chi connectivity index (χ0) is 14.8. The predicted octanol–water partition coefficient (Wildman–Crippen LogP) is 3.66. The second kappa shape index (κ2) is 6.28. The molecule has 0 spiro atoms. The molecule has 20 heavy (non-hydrogen) atoms. The summed E-state index contributed by atoms with van der Waals surface area (Å²) in [5, 5.41) is 3.71. The van der Waals surface area contributed by atoms with Gasteiger partial charge >= 0.3 is 0 Å². The first kappa shape index (κ1) is 15.5. The van der Waals surface area contributed by atoms with Crippen molar-refractivity contribution in [2.75, 3.05) is 13.1 Å². The van der Waals surface area contributed by atoms with Crippen LogP contribution >= 0.6 is 0 Å². The summed E-state index contributed by atoms with van der Waals surface area (Å²) in [5.41, 5.74) is 4.65. The fraction of sp³-hybridized carbons (Fsp3) is 0.667. The molecule has 0 saturated carbocycles. The lowest BCUT2D eigenvalue weighted by Crippen LogP contribution is -2.62. The minimum absolute atomic E-state index is 0.278. The van der Waals surface area contributed by atoms with Crippen LogP contribution in [0.3, 0.4) is 0 Å². The summed E-state index contributed by atoms with van der Waals surface area (Å²) in [6, 6.07) is 7.29. The second-order valence-electron chi connectivity index (χ2n) is 6.59. The summed E-state index contributed by atoms with van der Waals surface area (Å²) in [5.74, 6) is 0. The molecule has 0 radical (unpaired) electrons. The van der Waals surface area contributed by atoms with E-state index in [9.17, 15) is 0 Å². The Morgan fingerprint density at radius 2 is 1.90 bits per heavy atom. The highest BCUT2D eigenvalue weighted by atomic mass is 15.3. The Hall–Kier alpha value is -0.860. The van der Waals surface area contributed by atoms with E-state index in [-0.39, 0.29) is 5.54 Å². The predicted molar refractivity (Wildman–Crippen MR) is 87.1 cm³/mol. The van der Waals surface area contributed by atoms with Crippen molar-refractivity contribution in [3.05, 3.63) is 34.9 Å². The zero-order valence-corrected chi connectivity index (χ0v) is 13.8. The minimum atomic E-state index is 0.278. The number of rotatable bonds is 4. The van der Waals surface area contributed by atoms with Crippen LogP contribution in [0.1, 0.15) is 50.3 Å². The topological polar surface area (TPSA) is 15.3 Å². The Balaban J connectivity index is 2.23. The van der Waals surface area contributed by atoms with Crippen LogP contribution in [0.5, 0.6) is 0 Å². The van der Waals surface area contributed by atoms with E-state index < -0.39 is 0 Å². The Bertz CT molecular complexity index is 434. The molecule has 2 heteroatoms. The van der Waals surface area contributed by atoms with Gasteiger partial charge in [0.05, 0.1) is 0 Å². The van der Waals surface area contributed by atoms with E-state index >= 15 is 0 Å². The summed E-state index contributed by atoms with van der Waals surface area (Å²) in [7, 11) is 0. The lowest BCUT2D eigenvalue weighted by molar-refractivity contribution is 0.0405. The molecule has 1 aromatic carbocycles. The molecule has 2 atom stereocenters. The Labute approximate surface area is 124 Å². The van der Waals surface area contributed by atoms with Crippen molar-refractivity contribution in [2.24, 2.45) is 0 Å². The fourth-order valence-electron chi connectivity index (χ4n) is 3.19. The van der Waals surface area contributed by atoms with Crippen LogP contribution in [0.25, 0.3) is 0 Å². The van der Waals surface area contributed by atoms with E-state index in [2.05, 4.69) is 63.0 Å². The van der Waals surface area contributed by atoms with Crippen molar-refractivity contribution < 1.29 is 0 Å². The molecule has 112 valence electrons. The maximum atomic E-state index is 3.71. The van der Waals surface area contributed by atoms with E-state index in [4.69, 9.17) is 0 Å². The highest BCUT2D eigenvalue weighted by molar-refractivity contribution is 5.33. The van der Waals surface area contributed by atoms with Crippen molar-refractivity contribution in [1.82, 2.24) is 10.2 Å². The standard InChI is InChI=1S/C18H30N2/c1-6-16-11-20(18(5,7-2)13-19-16)12-17-14(3)9-8-10-15(17)4/h8-10,16,19H,6-7,11-13H2,1-5H3. The Kier molecular flexibility index (Phi) is 4.87. The minimum Gasteiger partial charge on any atom is -0.311 e. The zero-order valence-electron chi connectivity index (χ0n) is 13.8. The van der Waals surface area contributed by atoms with Crippen molar-refractivity contribution in [2.45, 2.75) is 65.6 Å². The molecule has 0 aliphatic carbocycles. The van der Waals surface area contributed by atoms with Gasteiger partial charge in [0.15, 0.2) is 0 Å². The van der Waals surface area contributed by atoms with Gasteiger partial charge in [-0.25, -0.2) is 0 Å². The van der Waals surface area contributed by atoms with E-state index in [1.807, 2.05) is 0 Å². The lowest BCUT2D eigenvalue weighted by Gasteiger charge is -2.48. The van der Waals surface area contributed by atoms with Gasteiger partial charge in [0.25, 0.3) is 0 Å². The summed E-state index contributed by atoms with van der Waals surface area (Å²) >= 11 is 0. The van der Waals surface area contributed by atoms with Crippen LogP contribution in [0.15, 0.2) is 18.2 Å². The van der Waals surface area contributed by atoms with E-state index in [1.165, 1.54) is 29.5 Å². The van der Waals surface area contributed by atoms with Crippen LogP contribution in [-0.4, -0.2) is 29.6 Å². The number of aryl methyl sites for hydroxylation is 2. The quantitative estimate of drug-likeness (QED) is 0.901. The highest BCUT2D eigenvalue weighted by Gasteiger charge is 2.35. The number of piperazine rings is 1. The third kappa shape index (κ3) is 3.07. The molecule has 0 aromatic heterocycles. The number of hydrogen-bond donors (Lipinski definition) is 1. The molecule has 1 aliphatic heterocycles. The van der Waals surface area contributed by atoms with Crippen LogP contribution < -0.4 is 5.32 Å². The molecule has 0 amide bonds. The summed E-state index contributed by atoms with van der Waals surface area (Å²) < 4.78 is 0. The normalized spacial score (nSPS) is 27.8. The van der Waals surface area contributed by atoms with Crippen molar-refractivity contribution >= 4 is 0 Å². The van der Waals surface area contributed by atoms with E-state index in [0.29, 0.717) is 6.04 Å². The molecule has 2 unspecified atom stereocenters. The molecular formula is C18H30N2. The van der Waals surface area contributed by atoms with Crippen LogP contribution in [0.4, 0.5) is 0 Å². The molecular weight excluding hydrogens is 244 g/mol. The maximum absolute atomic E-state index is 3.71. The number of benzene rings is 1. The van der Waals surface area contributed by atoms with Gasteiger partial charge in [-0.2, -0.15) is 0 Å². The third-order valence-corrected chi connectivity index (χ3v) is 5.22. The van der Waals surface area contributed by atoms with Gasteiger partial charge < -0.3 is 5.32 Å². The smallest absolute Gasteiger partial charge is 0.0307 e. The fourth-order valence-corrected chi connectivity index (χ4v) is 3.19. The summed E-state index contributed by atoms with van der Waals surface area (Å²) in [4.78, 5) is 2.70. The van der Waals surface area contributed by atoms with Crippen molar-refractivity contribution in [3.8, 4) is 0 Å². The van der Waals surface area contributed by atoms with Gasteiger partial charge in [-0.1, -0.05) is 32.0 Å². The molecule has 2 rings (SSSR count). The van der Waals surface area contributed by atoms with Gasteiger partial charge in [-0.05, 0) is 50.3 Å². The highest BCUT2D eigenvalue weighted by Crippen LogP contribution is 2.27. The molecule has 0 bridgehead atoms. The molecule has 1 aliphatic rings. The van der Waals surface area contributed by atoms with Crippen LogP contribution in [0, 0.1) is 13.8 Å². The first-order valence-corrected chi connectivity index (χ1v) is 8.03. The average molecular weight is 274 g/mol. The Morgan fingerprint density at radius 3 is 2.45 bits per heavy atom. The van der Waals surface area contributed by atoms with Crippen molar-refractivity contribution in [3.63, 3.8) is 0 Å². The van der Waals surface area contributed by atoms with Crippen LogP contribution in [-0.2, 0) is 6.54 Å². The number of nitrogens with zero attached hydrogens (tertiary/aromatic N) is 1. The molecule has 1 N–H and O–H groups in total. The van der Waals surface area contributed by atoms with Crippen LogP contribution in [0.2, 0.25) is 0 Å². The molecule has 1 heterocycles. The largest absolute Gasteiger partial charge is 0.311 e. The number of nitrogens with one attached hydrogen (secondary N) is 1. The molecule has 1 fully saturated rings. The first-order valence-electron chi connectivity index (χ1n) is 8.03. The monoisotopic (exact) mass is 274 g/mol.